The average molecular weight is 432 g/mol. The van der Waals surface area contributed by atoms with Gasteiger partial charge in [-0.2, -0.15) is 0 Å². The molecule has 0 bridgehead atoms. The van der Waals surface area contributed by atoms with Gasteiger partial charge < -0.3 is 14.0 Å². The zero-order chi connectivity index (χ0) is 21.6. The summed E-state index contributed by atoms with van der Waals surface area (Å²) in [5, 5.41) is 0. The second-order valence-corrected chi connectivity index (χ2v) is 8.45. The highest BCUT2D eigenvalue weighted by molar-refractivity contribution is 7.98. The Hall–Kier alpha value is -3.25. The van der Waals surface area contributed by atoms with Crippen LogP contribution in [0.5, 0.6) is 5.75 Å². The molecule has 5 nitrogen and oxygen atoms in total. The molecule has 0 saturated carbocycles. The van der Waals surface area contributed by atoms with Crippen molar-refractivity contribution in [2.24, 2.45) is 0 Å². The summed E-state index contributed by atoms with van der Waals surface area (Å²) in [6, 6.07) is 21.6. The number of rotatable bonds is 8. The Labute approximate surface area is 186 Å². The lowest BCUT2D eigenvalue weighted by Gasteiger charge is -2.18. The first-order chi connectivity index (χ1) is 15.1. The van der Waals surface area contributed by atoms with Gasteiger partial charge in [0.25, 0.3) is 5.91 Å². The zero-order valence-corrected chi connectivity index (χ0v) is 18.5. The van der Waals surface area contributed by atoms with Crippen molar-refractivity contribution in [1.29, 1.82) is 0 Å². The molecule has 0 spiro atoms. The number of benzene rings is 2. The number of pyridine rings is 1. The number of fused-ring (bicyclic) bond motifs is 1. The first-order valence-electron chi connectivity index (χ1n) is 10.2. The molecular weight excluding hydrogens is 406 g/mol. The van der Waals surface area contributed by atoms with Gasteiger partial charge in [-0.05, 0) is 55.5 Å². The number of carbonyl (C=O) groups is 1. The van der Waals surface area contributed by atoms with E-state index < -0.39 is 0 Å². The van der Waals surface area contributed by atoms with Gasteiger partial charge in [-0.1, -0.05) is 23.8 Å². The van der Waals surface area contributed by atoms with Crippen LogP contribution in [0.3, 0.4) is 0 Å². The standard InChI is InChI=1S/C25H25N3O2S/c1-19-6-10-22(11-7-19)30-16-15-27(2)25(29)20-8-12-23(13-9-20)31-18-21-17-28-14-4-3-5-24(28)26-21/h3-14,17H,15-16,18H2,1-2H3. The molecule has 0 atom stereocenters. The van der Waals surface area contributed by atoms with Gasteiger partial charge in [0.05, 0.1) is 12.2 Å². The van der Waals surface area contributed by atoms with Crippen LogP contribution in [0.1, 0.15) is 21.6 Å². The number of likely N-dealkylation sites (N-methyl/N-ethyl adjacent to an activating group) is 1. The molecule has 0 saturated heterocycles. The molecule has 0 fully saturated rings. The Balaban J connectivity index is 1.27. The average Bonchev–Trinajstić information content (AvgIpc) is 3.22. The molecule has 2 heterocycles. The second kappa shape index (κ2) is 9.71. The highest BCUT2D eigenvalue weighted by Crippen LogP contribution is 2.23. The van der Waals surface area contributed by atoms with Crippen molar-refractivity contribution >= 4 is 23.3 Å². The summed E-state index contributed by atoms with van der Waals surface area (Å²) in [6.07, 6.45) is 4.05. The van der Waals surface area contributed by atoms with Gasteiger partial charge in [-0.3, -0.25) is 4.79 Å². The molecular formula is C25H25N3O2S. The molecule has 31 heavy (non-hydrogen) atoms. The highest BCUT2D eigenvalue weighted by atomic mass is 32.2. The summed E-state index contributed by atoms with van der Waals surface area (Å²) in [6.45, 7) is 3.02. The first kappa shape index (κ1) is 21.0. The van der Waals surface area contributed by atoms with E-state index in [4.69, 9.17) is 4.74 Å². The minimum Gasteiger partial charge on any atom is -0.492 e. The number of thioether (sulfide) groups is 1. The SMILES string of the molecule is Cc1ccc(OCCN(C)C(=O)c2ccc(SCc3cn4ccccc4n3)cc2)cc1. The van der Waals surface area contributed by atoms with Gasteiger partial charge in [0.1, 0.15) is 18.0 Å². The van der Waals surface area contributed by atoms with Crippen LogP contribution in [0, 0.1) is 6.92 Å². The fourth-order valence-electron chi connectivity index (χ4n) is 3.16. The molecule has 0 N–H and O–H groups in total. The zero-order valence-electron chi connectivity index (χ0n) is 17.7. The Morgan fingerprint density at radius 3 is 2.58 bits per heavy atom. The van der Waals surface area contributed by atoms with Gasteiger partial charge in [-0.15, -0.1) is 11.8 Å². The summed E-state index contributed by atoms with van der Waals surface area (Å²) in [5.41, 5.74) is 3.85. The van der Waals surface area contributed by atoms with Crippen molar-refractivity contribution in [3.05, 3.63) is 95.9 Å². The topological polar surface area (TPSA) is 46.8 Å². The molecule has 0 aliphatic rings. The summed E-state index contributed by atoms with van der Waals surface area (Å²) < 4.78 is 7.75. The van der Waals surface area contributed by atoms with Crippen LogP contribution in [0.15, 0.2) is 84.0 Å². The highest BCUT2D eigenvalue weighted by Gasteiger charge is 2.12. The summed E-state index contributed by atoms with van der Waals surface area (Å²) in [4.78, 5) is 20.1. The largest absolute Gasteiger partial charge is 0.492 e. The molecule has 1 amide bonds. The van der Waals surface area contributed by atoms with Crippen molar-refractivity contribution in [1.82, 2.24) is 14.3 Å². The lowest BCUT2D eigenvalue weighted by atomic mass is 10.2. The van der Waals surface area contributed by atoms with Crippen molar-refractivity contribution in [3.8, 4) is 5.75 Å². The van der Waals surface area contributed by atoms with Crippen LogP contribution in [0.2, 0.25) is 0 Å². The van der Waals surface area contributed by atoms with Crippen molar-refractivity contribution in [2.75, 3.05) is 20.2 Å². The van der Waals surface area contributed by atoms with E-state index in [0.717, 1.165) is 27.7 Å². The third-order valence-corrected chi connectivity index (χ3v) is 6.01. The number of imidazole rings is 1. The Kier molecular flexibility index (Phi) is 6.57. The smallest absolute Gasteiger partial charge is 0.253 e. The van der Waals surface area contributed by atoms with Crippen LogP contribution in [0.25, 0.3) is 5.65 Å². The number of nitrogens with zero attached hydrogens (tertiary/aromatic N) is 3. The molecule has 6 heteroatoms. The second-order valence-electron chi connectivity index (χ2n) is 7.40. The normalized spacial score (nSPS) is 10.9. The molecule has 4 aromatic rings. The van der Waals surface area contributed by atoms with E-state index in [1.54, 1.807) is 23.7 Å². The predicted octanol–water partition coefficient (Wildman–Crippen LogP) is 5.09. The molecule has 0 radical (unpaired) electrons. The van der Waals surface area contributed by atoms with Crippen molar-refractivity contribution < 1.29 is 9.53 Å². The molecule has 2 aromatic carbocycles. The van der Waals surface area contributed by atoms with E-state index in [2.05, 4.69) is 4.98 Å². The monoisotopic (exact) mass is 431 g/mol. The summed E-state index contributed by atoms with van der Waals surface area (Å²) in [7, 11) is 1.80. The van der Waals surface area contributed by atoms with E-state index >= 15 is 0 Å². The molecule has 0 aliphatic carbocycles. The maximum absolute atomic E-state index is 12.7. The number of aromatic nitrogens is 2. The lowest BCUT2D eigenvalue weighted by Crippen LogP contribution is -2.30. The summed E-state index contributed by atoms with van der Waals surface area (Å²) >= 11 is 1.71. The van der Waals surface area contributed by atoms with Crippen LogP contribution >= 0.6 is 11.8 Å². The number of aryl methyl sites for hydroxylation is 1. The van der Waals surface area contributed by atoms with Gasteiger partial charge in [-0.25, -0.2) is 4.98 Å². The Morgan fingerprint density at radius 1 is 1.06 bits per heavy atom. The number of hydrogen-bond donors (Lipinski definition) is 0. The molecule has 2 aromatic heterocycles. The Bertz CT molecular complexity index is 1120. The van der Waals surface area contributed by atoms with E-state index in [-0.39, 0.29) is 5.91 Å². The van der Waals surface area contributed by atoms with Crippen LogP contribution in [0.4, 0.5) is 0 Å². The van der Waals surface area contributed by atoms with E-state index in [0.29, 0.717) is 18.7 Å². The minimum atomic E-state index is -0.00981. The number of amides is 1. The van der Waals surface area contributed by atoms with Crippen molar-refractivity contribution in [2.45, 2.75) is 17.6 Å². The van der Waals surface area contributed by atoms with Crippen LogP contribution < -0.4 is 4.74 Å². The van der Waals surface area contributed by atoms with Crippen LogP contribution in [-0.4, -0.2) is 40.4 Å². The van der Waals surface area contributed by atoms with Crippen LogP contribution in [-0.2, 0) is 5.75 Å². The van der Waals surface area contributed by atoms with E-state index in [9.17, 15) is 4.79 Å². The van der Waals surface area contributed by atoms with Gasteiger partial charge in [0.2, 0.25) is 0 Å². The van der Waals surface area contributed by atoms with E-state index in [1.165, 1.54) is 5.56 Å². The minimum absolute atomic E-state index is 0.00981. The molecule has 4 rings (SSSR count). The summed E-state index contributed by atoms with van der Waals surface area (Å²) in [5.74, 6) is 1.59. The predicted molar refractivity (Wildman–Crippen MR) is 125 cm³/mol. The Morgan fingerprint density at radius 2 is 1.84 bits per heavy atom. The molecule has 158 valence electrons. The molecule has 0 aliphatic heterocycles. The number of carbonyl (C=O) groups excluding carboxylic acids is 1. The van der Waals surface area contributed by atoms with Gasteiger partial charge in [0, 0.05) is 35.7 Å². The maximum atomic E-state index is 12.7. The molecule has 0 unspecified atom stereocenters. The van der Waals surface area contributed by atoms with Gasteiger partial charge >= 0.3 is 0 Å². The first-order valence-corrected chi connectivity index (χ1v) is 11.2. The fourth-order valence-corrected chi connectivity index (χ4v) is 3.95. The lowest BCUT2D eigenvalue weighted by molar-refractivity contribution is 0.0773. The maximum Gasteiger partial charge on any atom is 0.253 e. The number of hydrogen-bond acceptors (Lipinski definition) is 4. The van der Waals surface area contributed by atoms with E-state index in [1.807, 2.05) is 90.4 Å². The number of ether oxygens (including phenoxy) is 1. The quantitative estimate of drug-likeness (QED) is 0.365. The van der Waals surface area contributed by atoms with Gasteiger partial charge in [0.15, 0.2) is 0 Å². The third kappa shape index (κ3) is 5.47. The fraction of sp³-hybridized carbons (Fsp3) is 0.200. The van der Waals surface area contributed by atoms with Crippen molar-refractivity contribution in [3.63, 3.8) is 0 Å². The third-order valence-electron chi connectivity index (χ3n) is 4.96.